The number of aromatic nitrogens is 2. The summed E-state index contributed by atoms with van der Waals surface area (Å²) in [6, 6.07) is 8.18. The Kier molecular flexibility index (Phi) is 5.43. The van der Waals surface area contributed by atoms with Crippen LogP contribution >= 0.6 is 11.8 Å². The topological polar surface area (TPSA) is 67.2 Å². The maximum absolute atomic E-state index is 12.4. The molecule has 25 heavy (non-hydrogen) atoms. The molecule has 3 rings (SSSR count). The molecule has 0 bridgehead atoms. The number of thioether (sulfide) groups is 1. The van der Waals surface area contributed by atoms with Crippen molar-refractivity contribution in [3.8, 4) is 0 Å². The monoisotopic (exact) mass is 358 g/mol. The van der Waals surface area contributed by atoms with Gasteiger partial charge < -0.3 is 10.2 Å². The van der Waals surface area contributed by atoms with Gasteiger partial charge in [0, 0.05) is 43.8 Å². The Morgan fingerprint density at radius 2 is 2.20 bits per heavy atom. The number of para-hydroxylation sites is 1. The highest BCUT2D eigenvalue weighted by Gasteiger charge is 2.19. The van der Waals surface area contributed by atoms with E-state index in [1.165, 1.54) is 23.5 Å². The molecule has 7 heteroatoms. The lowest BCUT2D eigenvalue weighted by atomic mass is 10.2. The fourth-order valence-corrected chi connectivity index (χ4v) is 3.85. The predicted octanol–water partition coefficient (Wildman–Crippen LogP) is 1.91. The lowest BCUT2D eigenvalue weighted by Crippen LogP contribution is -2.38. The first-order chi connectivity index (χ1) is 12.1. The largest absolute Gasteiger partial charge is 0.370 e. The highest BCUT2D eigenvalue weighted by atomic mass is 32.2. The van der Waals surface area contributed by atoms with Crippen molar-refractivity contribution in [3.63, 3.8) is 0 Å². The molecule has 0 radical (unpaired) electrons. The van der Waals surface area contributed by atoms with E-state index < -0.39 is 0 Å². The van der Waals surface area contributed by atoms with Crippen LogP contribution in [0.15, 0.2) is 40.4 Å². The molecule has 132 valence electrons. The van der Waals surface area contributed by atoms with Crippen LogP contribution in [0.25, 0.3) is 0 Å². The number of rotatable bonds is 6. The van der Waals surface area contributed by atoms with Crippen LogP contribution in [0.3, 0.4) is 0 Å². The van der Waals surface area contributed by atoms with Gasteiger partial charge in [0.2, 0.25) is 0 Å². The molecule has 0 atom stereocenters. The van der Waals surface area contributed by atoms with Crippen molar-refractivity contribution >= 4 is 23.4 Å². The number of anilines is 1. The number of likely N-dealkylation sites (N-methyl/N-ethyl adjacent to an activating group) is 1. The number of carbonyl (C=O) groups is 1. The van der Waals surface area contributed by atoms with Gasteiger partial charge in [-0.05, 0) is 25.5 Å². The molecule has 1 N–H and O–H groups in total. The molecule has 1 aliphatic heterocycles. The third kappa shape index (κ3) is 3.71. The number of nitrogens with zero attached hydrogens (tertiary/aromatic N) is 3. The number of nitrogens with one attached hydrogen (secondary N) is 1. The van der Waals surface area contributed by atoms with Gasteiger partial charge in [0.05, 0.1) is 0 Å². The van der Waals surface area contributed by atoms with Gasteiger partial charge in [-0.15, -0.1) is 0 Å². The summed E-state index contributed by atoms with van der Waals surface area (Å²) in [5.41, 5.74) is 2.23. The lowest BCUT2D eigenvalue weighted by Gasteiger charge is -2.25. The number of hydrogen-bond donors (Lipinski definition) is 1. The summed E-state index contributed by atoms with van der Waals surface area (Å²) in [4.78, 5) is 31.1. The smallest absolute Gasteiger partial charge is 0.267 e. The van der Waals surface area contributed by atoms with Gasteiger partial charge in [-0.2, -0.15) is 0 Å². The summed E-state index contributed by atoms with van der Waals surface area (Å²) >= 11 is 1.54. The van der Waals surface area contributed by atoms with E-state index in [4.69, 9.17) is 0 Å². The Hall–Kier alpha value is -2.28. The van der Waals surface area contributed by atoms with E-state index in [0.717, 1.165) is 18.0 Å². The highest BCUT2D eigenvalue weighted by molar-refractivity contribution is 7.99. The standard InChI is InChI=1S/C18H22N4O2S/c1-3-21(15-7-5-4-6-13(15)2)9-8-19-16(23)14-12-20-18-22(17(14)24)10-11-25-18/h4-7,12H,3,8-11H2,1-2H3,(H,19,23). The second-order valence-corrected chi connectivity index (χ2v) is 6.94. The van der Waals surface area contributed by atoms with Gasteiger partial charge in [0.15, 0.2) is 5.16 Å². The summed E-state index contributed by atoms with van der Waals surface area (Å²) in [6.45, 7) is 6.78. The molecule has 0 saturated carbocycles. The quantitative estimate of drug-likeness (QED) is 0.799. The van der Waals surface area contributed by atoms with Gasteiger partial charge in [-0.3, -0.25) is 14.2 Å². The zero-order valence-electron chi connectivity index (χ0n) is 14.5. The maximum atomic E-state index is 12.4. The fourth-order valence-electron chi connectivity index (χ4n) is 2.94. The van der Waals surface area contributed by atoms with Crippen molar-refractivity contribution in [1.29, 1.82) is 0 Å². The minimum Gasteiger partial charge on any atom is -0.370 e. The van der Waals surface area contributed by atoms with E-state index in [1.54, 1.807) is 4.57 Å². The number of benzene rings is 1. The molecule has 1 aromatic carbocycles. The molecule has 2 heterocycles. The predicted molar refractivity (Wildman–Crippen MR) is 101 cm³/mol. The number of carbonyl (C=O) groups excluding carboxylic acids is 1. The summed E-state index contributed by atoms with van der Waals surface area (Å²) < 4.78 is 1.57. The van der Waals surface area contributed by atoms with Crippen molar-refractivity contribution in [2.24, 2.45) is 0 Å². The maximum Gasteiger partial charge on any atom is 0.267 e. The van der Waals surface area contributed by atoms with Gasteiger partial charge in [0.25, 0.3) is 11.5 Å². The third-order valence-electron chi connectivity index (χ3n) is 4.31. The molecular formula is C18H22N4O2S. The molecule has 1 aliphatic rings. The van der Waals surface area contributed by atoms with Crippen molar-refractivity contribution in [2.45, 2.75) is 25.5 Å². The van der Waals surface area contributed by atoms with Gasteiger partial charge in [-0.25, -0.2) is 4.98 Å². The van der Waals surface area contributed by atoms with Gasteiger partial charge >= 0.3 is 0 Å². The first-order valence-corrected chi connectivity index (χ1v) is 9.41. The average Bonchev–Trinajstić information content (AvgIpc) is 3.09. The molecule has 1 amide bonds. The number of hydrogen-bond acceptors (Lipinski definition) is 5. The van der Waals surface area contributed by atoms with Crippen LogP contribution in [-0.4, -0.2) is 40.8 Å². The highest BCUT2D eigenvalue weighted by Crippen LogP contribution is 2.20. The minimum absolute atomic E-state index is 0.116. The second-order valence-electron chi connectivity index (χ2n) is 5.88. The van der Waals surface area contributed by atoms with Crippen molar-refractivity contribution in [1.82, 2.24) is 14.9 Å². The van der Waals surface area contributed by atoms with E-state index >= 15 is 0 Å². The zero-order valence-corrected chi connectivity index (χ0v) is 15.3. The molecule has 0 fully saturated rings. The van der Waals surface area contributed by atoms with Crippen LogP contribution in [0.5, 0.6) is 0 Å². The third-order valence-corrected chi connectivity index (χ3v) is 5.28. The van der Waals surface area contributed by atoms with E-state index in [1.807, 2.05) is 12.1 Å². The zero-order chi connectivity index (χ0) is 17.8. The Morgan fingerprint density at radius 3 is 2.96 bits per heavy atom. The molecule has 0 spiro atoms. The Labute approximate surface area is 151 Å². The average molecular weight is 358 g/mol. The summed E-state index contributed by atoms with van der Waals surface area (Å²) in [6.07, 6.45) is 1.39. The van der Waals surface area contributed by atoms with Gasteiger partial charge in [-0.1, -0.05) is 30.0 Å². The van der Waals surface area contributed by atoms with Crippen LogP contribution in [-0.2, 0) is 6.54 Å². The van der Waals surface area contributed by atoms with Crippen molar-refractivity contribution in [2.75, 3.05) is 30.3 Å². The molecule has 2 aromatic rings. The summed E-state index contributed by atoms with van der Waals surface area (Å²) in [7, 11) is 0. The second kappa shape index (κ2) is 7.74. The van der Waals surface area contributed by atoms with Crippen molar-refractivity contribution in [3.05, 3.63) is 51.9 Å². The molecule has 1 aromatic heterocycles. The fraction of sp³-hybridized carbons (Fsp3) is 0.389. The number of fused-ring (bicyclic) bond motifs is 1. The van der Waals surface area contributed by atoms with E-state index in [-0.39, 0.29) is 17.0 Å². The van der Waals surface area contributed by atoms with E-state index in [0.29, 0.717) is 24.8 Å². The molecule has 0 unspecified atom stereocenters. The molecule has 0 aliphatic carbocycles. The summed E-state index contributed by atoms with van der Waals surface area (Å²) in [5.74, 6) is 0.473. The Bertz CT molecular complexity index is 834. The van der Waals surface area contributed by atoms with Crippen LogP contribution in [0.1, 0.15) is 22.8 Å². The van der Waals surface area contributed by atoms with Crippen LogP contribution < -0.4 is 15.8 Å². The number of aryl methyl sites for hydroxylation is 1. The molecule has 0 saturated heterocycles. The Balaban J connectivity index is 1.63. The van der Waals surface area contributed by atoms with Crippen LogP contribution in [0.4, 0.5) is 5.69 Å². The SMILES string of the molecule is CCN(CCNC(=O)c1cnc2n(c1=O)CCS2)c1ccccc1C. The lowest BCUT2D eigenvalue weighted by molar-refractivity contribution is 0.0951. The molecular weight excluding hydrogens is 336 g/mol. The first kappa shape index (κ1) is 17.5. The normalized spacial score (nSPS) is 12.7. The minimum atomic E-state index is -0.356. The number of amides is 1. The van der Waals surface area contributed by atoms with Crippen LogP contribution in [0.2, 0.25) is 0 Å². The van der Waals surface area contributed by atoms with Crippen LogP contribution in [0, 0.1) is 6.92 Å². The first-order valence-electron chi connectivity index (χ1n) is 8.43. The molecule has 6 nitrogen and oxygen atoms in total. The van der Waals surface area contributed by atoms with Gasteiger partial charge in [0.1, 0.15) is 5.56 Å². The van der Waals surface area contributed by atoms with Crippen molar-refractivity contribution < 1.29 is 4.79 Å². The van der Waals surface area contributed by atoms with E-state index in [2.05, 4.69) is 41.2 Å². The Morgan fingerprint density at radius 1 is 1.40 bits per heavy atom. The van der Waals surface area contributed by atoms with E-state index in [9.17, 15) is 9.59 Å². The summed E-state index contributed by atoms with van der Waals surface area (Å²) in [5, 5.41) is 3.54.